The van der Waals surface area contributed by atoms with Crippen molar-refractivity contribution in [2.45, 2.75) is 18.4 Å². The third-order valence-corrected chi connectivity index (χ3v) is 5.64. The van der Waals surface area contributed by atoms with Gasteiger partial charge in [0.1, 0.15) is 10.7 Å². The number of nitrogens with two attached hydrogens (primary N) is 1. The number of sulfonamides is 1. The number of benzene rings is 1. The van der Waals surface area contributed by atoms with Gasteiger partial charge in [-0.05, 0) is 12.5 Å². The highest BCUT2D eigenvalue weighted by Gasteiger charge is 2.26. The van der Waals surface area contributed by atoms with Crippen LogP contribution in [0.1, 0.15) is 11.3 Å². The Labute approximate surface area is 145 Å². The fraction of sp³-hybridized carbons (Fsp3) is 0.250. The molecule has 25 heavy (non-hydrogen) atoms. The number of furan rings is 1. The van der Waals surface area contributed by atoms with Crippen molar-refractivity contribution < 1.29 is 17.4 Å². The second kappa shape index (κ2) is 6.43. The average Bonchev–Trinajstić information content (AvgIpc) is 3.21. The second-order valence-corrected chi connectivity index (χ2v) is 7.76. The van der Waals surface area contributed by atoms with Gasteiger partial charge in [-0.1, -0.05) is 29.4 Å². The summed E-state index contributed by atoms with van der Waals surface area (Å²) in [6, 6.07) is 8.83. The monoisotopic (exact) mass is 362 g/mol. The van der Waals surface area contributed by atoms with Crippen molar-refractivity contribution in [1.82, 2.24) is 14.4 Å². The second-order valence-electron chi connectivity index (χ2n) is 5.64. The van der Waals surface area contributed by atoms with Crippen LogP contribution in [0.25, 0.3) is 23.0 Å². The van der Waals surface area contributed by atoms with E-state index in [2.05, 4.69) is 10.1 Å². The minimum absolute atomic E-state index is 0.0690. The third kappa shape index (κ3) is 3.21. The predicted octanol–water partition coefficient (Wildman–Crippen LogP) is 2.01. The molecule has 9 heteroatoms. The molecule has 0 aliphatic rings. The Hall–Kier alpha value is -2.49. The SMILES string of the molecule is Cc1oc(-c2nc(-c3ccc(CN)cc3)no2)cc1S(=O)(=O)N(C)C. The highest BCUT2D eigenvalue weighted by Crippen LogP contribution is 2.29. The molecule has 0 fully saturated rings. The van der Waals surface area contributed by atoms with E-state index in [1.165, 1.54) is 20.2 Å². The van der Waals surface area contributed by atoms with E-state index in [1.54, 1.807) is 6.92 Å². The van der Waals surface area contributed by atoms with Crippen molar-refractivity contribution in [3.05, 3.63) is 41.7 Å². The summed E-state index contributed by atoms with van der Waals surface area (Å²) in [5.74, 6) is 0.955. The highest BCUT2D eigenvalue weighted by molar-refractivity contribution is 7.89. The molecule has 1 aromatic carbocycles. The first-order valence-electron chi connectivity index (χ1n) is 7.49. The molecule has 2 N–H and O–H groups in total. The van der Waals surface area contributed by atoms with Gasteiger partial charge in [-0.3, -0.25) is 0 Å². The first-order chi connectivity index (χ1) is 11.8. The molecule has 0 spiro atoms. The fourth-order valence-electron chi connectivity index (χ4n) is 2.25. The Balaban J connectivity index is 1.95. The number of hydrogen-bond donors (Lipinski definition) is 1. The minimum atomic E-state index is -3.61. The van der Waals surface area contributed by atoms with Gasteiger partial charge >= 0.3 is 0 Å². The number of aromatic nitrogens is 2. The summed E-state index contributed by atoms with van der Waals surface area (Å²) in [6.45, 7) is 2.02. The first kappa shape index (κ1) is 17.3. The van der Waals surface area contributed by atoms with Crippen LogP contribution in [0.15, 0.2) is 44.2 Å². The standard InChI is InChI=1S/C16H18N4O4S/c1-10-14(25(21,22)20(2)3)8-13(23-10)16-18-15(19-24-16)12-6-4-11(9-17)5-7-12/h4-8H,9,17H2,1-3H3. The van der Waals surface area contributed by atoms with Gasteiger partial charge in [0.05, 0.1) is 0 Å². The largest absolute Gasteiger partial charge is 0.455 e. The summed E-state index contributed by atoms with van der Waals surface area (Å²) in [5.41, 5.74) is 7.33. The van der Waals surface area contributed by atoms with Crippen LogP contribution in [0.2, 0.25) is 0 Å². The molecule has 0 unspecified atom stereocenters. The smallest absolute Gasteiger partial charge is 0.293 e. The van der Waals surface area contributed by atoms with Gasteiger partial charge in [0.2, 0.25) is 15.8 Å². The fourth-order valence-corrected chi connectivity index (χ4v) is 3.31. The van der Waals surface area contributed by atoms with Crippen molar-refractivity contribution in [3.63, 3.8) is 0 Å². The Morgan fingerprint density at radius 1 is 1.20 bits per heavy atom. The number of rotatable bonds is 5. The molecule has 3 rings (SSSR count). The zero-order valence-electron chi connectivity index (χ0n) is 14.1. The lowest BCUT2D eigenvalue weighted by molar-refractivity contribution is 0.413. The summed E-state index contributed by atoms with van der Waals surface area (Å²) >= 11 is 0. The van der Waals surface area contributed by atoms with Gasteiger partial charge in [0, 0.05) is 32.3 Å². The van der Waals surface area contributed by atoms with Crippen molar-refractivity contribution in [2.24, 2.45) is 5.73 Å². The summed E-state index contributed by atoms with van der Waals surface area (Å²) < 4.78 is 36.4. The summed E-state index contributed by atoms with van der Waals surface area (Å²) in [4.78, 5) is 4.35. The molecule has 2 heterocycles. The van der Waals surface area contributed by atoms with Crippen LogP contribution >= 0.6 is 0 Å². The molecule has 0 saturated heterocycles. The number of hydrogen-bond acceptors (Lipinski definition) is 7. The van der Waals surface area contributed by atoms with E-state index in [4.69, 9.17) is 14.7 Å². The molecule has 0 atom stereocenters. The lowest BCUT2D eigenvalue weighted by Crippen LogP contribution is -2.22. The molecule has 0 amide bonds. The zero-order valence-corrected chi connectivity index (χ0v) is 14.9. The number of aryl methyl sites for hydroxylation is 1. The van der Waals surface area contributed by atoms with E-state index < -0.39 is 10.0 Å². The first-order valence-corrected chi connectivity index (χ1v) is 8.93. The third-order valence-electron chi connectivity index (χ3n) is 3.72. The quantitative estimate of drug-likeness (QED) is 0.738. The van der Waals surface area contributed by atoms with Crippen LogP contribution in [0.5, 0.6) is 0 Å². The van der Waals surface area contributed by atoms with Crippen LogP contribution in [0, 0.1) is 6.92 Å². The number of nitrogens with zero attached hydrogens (tertiary/aromatic N) is 3. The van der Waals surface area contributed by atoms with Crippen LogP contribution in [0.3, 0.4) is 0 Å². The van der Waals surface area contributed by atoms with Crippen LogP contribution in [-0.4, -0.2) is 37.0 Å². The molecule has 0 aliphatic heterocycles. The molecule has 132 valence electrons. The van der Waals surface area contributed by atoms with E-state index >= 15 is 0 Å². The zero-order chi connectivity index (χ0) is 18.2. The summed E-state index contributed by atoms with van der Waals surface area (Å²) in [6.07, 6.45) is 0. The highest BCUT2D eigenvalue weighted by atomic mass is 32.2. The maximum absolute atomic E-state index is 12.3. The minimum Gasteiger partial charge on any atom is -0.455 e. The van der Waals surface area contributed by atoms with E-state index in [0.29, 0.717) is 12.4 Å². The Morgan fingerprint density at radius 2 is 1.88 bits per heavy atom. The van der Waals surface area contributed by atoms with Crippen LogP contribution in [0.4, 0.5) is 0 Å². The molecule has 8 nitrogen and oxygen atoms in total. The van der Waals surface area contributed by atoms with Gasteiger partial charge < -0.3 is 14.7 Å². The van der Waals surface area contributed by atoms with Crippen molar-refractivity contribution in [1.29, 1.82) is 0 Å². The Bertz CT molecular complexity index is 988. The molecule has 2 aromatic heterocycles. The van der Waals surface area contributed by atoms with Crippen LogP contribution < -0.4 is 5.73 Å². The maximum atomic E-state index is 12.3. The average molecular weight is 362 g/mol. The molecule has 3 aromatic rings. The van der Waals surface area contributed by atoms with E-state index in [1.807, 2.05) is 24.3 Å². The van der Waals surface area contributed by atoms with E-state index in [0.717, 1.165) is 15.4 Å². The molecular formula is C16H18N4O4S. The Morgan fingerprint density at radius 3 is 2.48 bits per heavy atom. The van der Waals surface area contributed by atoms with E-state index in [9.17, 15) is 8.42 Å². The summed E-state index contributed by atoms with van der Waals surface area (Å²) in [5, 5.41) is 3.92. The normalized spacial score (nSPS) is 12.0. The van der Waals surface area contributed by atoms with E-state index in [-0.39, 0.29) is 22.3 Å². The van der Waals surface area contributed by atoms with Gasteiger partial charge in [0.25, 0.3) is 5.89 Å². The lowest BCUT2D eigenvalue weighted by Gasteiger charge is -2.09. The molecule has 0 aliphatic carbocycles. The van der Waals surface area contributed by atoms with Crippen molar-refractivity contribution in [3.8, 4) is 23.0 Å². The molecular weight excluding hydrogens is 344 g/mol. The topological polar surface area (TPSA) is 115 Å². The maximum Gasteiger partial charge on any atom is 0.293 e. The Kier molecular flexibility index (Phi) is 4.46. The van der Waals surface area contributed by atoms with Gasteiger partial charge in [-0.2, -0.15) is 4.98 Å². The summed E-state index contributed by atoms with van der Waals surface area (Å²) in [7, 11) is -0.699. The lowest BCUT2D eigenvalue weighted by atomic mass is 10.1. The van der Waals surface area contributed by atoms with Crippen molar-refractivity contribution in [2.75, 3.05) is 14.1 Å². The van der Waals surface area contributed by atoms with Crippen molar-refractivity contribution >= 4 is 10.0 Å². The van der Waals surface area contributed by atoms with Crippen LogP contribution in [-0.2, 0) is 16.6 Å². The molecule has 0 radical (unpaired) electrons. The van der Waals surface area contributed by atoms with Gasteiger partial charge in [-0.15, -0.1) is 0 Å². The van der Waals surface area contributed by atoms with Gasteiger partial charge in [-0.25, -0.2) is 12.7 Å². The predicted molar refractivity (Wildman–Crippen MR) is 90.9 cm³/mol. The molecule has 0 saturated carbocycles. The van der Waals surface area contributed by atoms with Gasteiger partial charge in [0.15, 0.2) is 5.76 Å². The molecule has 0 bridgehead atoms.